The molecule has 0 radical (unpaired) electrons. The van der Waals surface area contributed by atoms with Crippen LogP contribution in [0, 0.1) is 13.8 Å². The molecule has 0 saturated heterocycles. The van der Waals surface area contributed by atoms with Gasteiger partial charge in [0.25, 0.3) is 0 Å². The second-order valence-electron chi connectivity index (χ2n) is 7.19. The number of nitrogens with one attached hydrogen (secondary N) is 1. The molecule has 3 aromatic rings. The second-order valence-corrected chi connectivity index (χ2v) is 7.58. The van der Waals surface area contributed by atoms with Crippen molar-refractivity contribution in [3.05, 3.63) is 89.0 Å². The number of nitrogens with zero attached hydrogens (tertiary/aromatic N) is 1. The third-order valence-corrected chi connectivity index (χ3v) is 5.42. The van der Waals surface area contributed by atoms with Crippen molar-refractivity contribution >= 4 is 23.0 Å². The summed E-state index contributed by atoms with van der Waals surface area (Å²) in [4.78, 5) is 2.15. The molecule has 4 nitrogen and oxygen atoms in total. The van der Waals surface area contributed by atoms with Crippen LogP contribution in [-0.2, 0) is 13.1 Å². The summed E-state index contributed by atoms with van der Waals surface area (Å²) >= 11 is 5.86. The Kier molecular flexibility index (Phi) is 7.31. The van der Waals surface area contributed by atoms with Crippen molar-refractivity contribution in [3.8, 4) is 11.5 Å². The quantitative estimate of drug-likeness (QED) is 0.495. The Labute approximate surface area is 184 Å². The molecule has 1 N–H and O–H groups in total. The first kappa shape index (κ1) is 21.7. The number of thiocarbonyl (C=S) groups is 1. The van der Waals surface area contributed by atoms with Gasteiger partial charge in [-0.3, -0.25) is 0 Å². The Morgan fingerprint density at radius 3 is 2.13 bits per heavy atom. The Balaban J connectivity index is 1.92. The molecule has 3 aromatic carbocycles. The maximum absolute atomic E-state index is 5.86. The Hall–Kier alpha value is -3.05. The summed E-state index contributed by atoms with van der Waals surface area (Å²) in [6, 6.07) is 22.5. The molecule has 0 saturated carbocycles. The predicted octanol–water partition coefficient (Wildman–Crippen LogP) is 5.72. The smallest absolute Gasteiger partial charge is 0.174 e. The van der Waals surface area contributed by atoms with Crippen LogP contribution in [0.3, 0.4) is 0 Å². The molecule has 5 heteroatoms. The molecule has 0 aromatic heterocycles. The minimum atomic E-state index is 0.589. The molecule has 0 fully saturated rings. The normalized spacial score (nSPS) is 10.4. The molecule has 156 valence electrons. The van der Waals surface area contributed by atoms with Gasteiger partial charge in [0.15, 0.2) is 16.6 Å². The topological polar surface area (TPSA) is 33.7 Å². The van der Waals surface area contributed by atoms with E-state index in [1.807, 2.05) is 36.4 Å². The van der Waals surface area contributed by atoms with E-state index in [2.05, 4.69) is 54.4 Å². The van der Waals surface area contributed by atoms with E-state index >= 15 is 0 Å². The first-order valence-electron chi connectivity index (χ1n) is 9.89. The van der Waals surface area contributed by atoms with Crippen LogP contribution < -0.4 is 14.8 Å². The highest BCUT2D eigenvalue weighted by atomic mass is 32.1. The van der Waals surface area contributed by atoms with Crippen molar-refractivity contribution in [2.24, 2.45) is 0 Å². The van der Waals surface area contributed by atoms with Gasteiger partial charge in [0, 0.05) is 24.3 Å². The minimum absolute atomic E-state index is 0.589. The van der Waals surface area contributed by atoms with E-state index in [0.29, 0.717) is 24.0 Å². The molecule has 0 bridgehead atoms. The lowest BCUT2D eigenvalue weighted by atomic mass is 10.1. The van der Waals surface area contributed by atoms with E-state index < -0.39 is 0 Å². The summed E-state index contributed by atoms with van der Waals surface area (Å²) in [5.41, 5.74) is 5.58. The molecule has 0 spiro atoms. The number of rotatable bonds is 7. The van der Waals surface area contributed by atoms with E-state index in [0.717, 1.165) is 28.1 Å². The minimum Gasteiger partial charge on any atom is -0.493 e. The molecular weight excluding hydrogens is 392 g/mol. The average molecular weight is 421 g/mol. The lowest BCUT2D eigenvalue weighted by molar-refractivity contribution is 0.341. The molecule has 0 atom stereocenters. The fraction of sp³-hybridized carbons (Fsp3) is 0.240. The fourth-order valence-corrected chi connectivity index (χ4v) is 3.72. The zero-order valence-corrected chi connectivity index (χ0v) is 18.8. The van der Waals surface area contributed by atoms with Gasteiger partial charge < -0.3 is 19.7 Å². The number of methoxy groups -OCH3 is 2. The molecule has 0 unspecified atom stereocenters. The number of ether oxygens (including phenoxy) is 2. The van der Waals surface area contributed by atoms with Crippen LogP contribution in [0.25, 0.3) is 0 Å². The van der Waals surface area contributed by atoms with Crippen LogP contribution in [0.4, 0.5) is 5.69 Å². The first-order valence-corrected chi connectivity index (χ1v) is 10.3. The zero-order valence-electron chi connectivity index (χ0n) is 17.9. The van der Waals surface area contributed by atoms with Crippen molar-refractivity contribution in [2.75, 3.05) is 19.5 Å². The highest BCUT2D eigenvalue weighted by Crippen LogP contribution is 2.32. The molecule has 0 heterocycles. The largest absolute Gasteiger partial charge is 0.493 e. The summed E-state index contributed by atoms with van der Waals surface area (Å²) in [5.74, 6) is 1.44. The van der Waals surface area contributed by atoms with Crippen molar-refractivity contribution < 1.29 is 9.47 Å². The standard InChI is InChI=1S/C25H28N2O2S/c1-18-10-8-11-19(2)23(18)26-25(30)27(16-20-12-6-5-7-13-20)17-21-14-9-15-22(28-3)24(21)29-4/h5-15H,16-17H2,1-4H3,(H,26,30). The van der Waals surface area contributed by atoms with E-state index in [-0.39, 0.29) is 0 Å². The molecular formula is C25H28N2O2S. The number of hydrogen-bond acceptors (Lipinski definition) is 3. The van der Waals surface area contributed by atoms with Gasteiger partial charge in [-0.25, -0.2) is 0 Å². The lowest BCUT2D eigenvalue weighted by Crippen LogP contribution is -2.34. The molecule has 0 aliphatic rings. The van der Waals surface area contributed by atoms with Gasteiger partial charge in [0.1, 0.15) is 0 Å². The van der Waals surface area contributed by atoms with Crippen LogP contribution in [0.2, 0.25) is 0 Å². The van der Waals surface area contributed by atoms with E-state index in [1.54, 1.807) is 14.2 Å². The SMILES string of the molecule is COc1cccc(CN(Cc2ccccc2)C(=S)Nc2c(C)cccc2C)c1OC. The van der Waals surface area contributed by atoms with Crippen molar-refractivity contribution in [1.82, 2.24) is 4.90 Å². The highest BCUT2D eigenvalue weighted by Gasteiger charge is 2.17. The van der Waals surface area contributed by atoms with Gasteiger partial charge in [-0.2, -0.15) is 0 Å². The fourth-order valence-electron chi connectivity index (χ4n) is 3.48. The van der Waals surface area contributed by atoms with Crippen molar-refractivity contribution in [2.45, 2.75) is 26.9 Å². The Bertz CT molecular complexity index is 985. The van der Waals surface area contributed by atoms with Gasteiger partial charge in [-0.1, -0.05) is 60.7 Å². The van der Waals surface area contributed by atoms with E-state index in [1.165, 1.54) is 5.56 Å². The summed E-state index contributed by atoms with van der Waals surface area (Å²) in [7, 11) is 3.31. The number of para-hydroxylation sites is 2. The monoisotopic (exact) mass is 420 g/mol. The number of hydrogen-bond donors (Lipinski definition) is 1. The number of aryl methyl sites for hydroxylation is 2. The molecule has 0 amide bonds. The van der Waals surface area contributed by atoms with Gasteiger partial charge in [-0.15, -0.1) is 0 Å². The summed E-state index contributed by atoms with van der Waals surface area (Å²) in [6.07, 6.45) is 0. The van der Waals surface area contributed by atoms with E-state index in [9.17, 15) is 0 Å². The maximum atomic E-state index is 5.86. The third-order valence-electron chi connectivity index (χ3n) is 5.06. The lowest BCUT2D eigenvalue weighted by Gasteiger charge is -2.28. The molecule has 0 aliphatic carbocycles. The summed E-state index contributed by atoms with van der Waals surface area (Å²) < 4.78 is 11.1. The van der Waals surface area contributed by atoms with Gasteiger partial charge in [0.05, 0.1) is 14.2 Å². The molecule has 3 rings (SSSR count). The van der Waals surface area contributed by atoms with Crippen LogP contribution in [0.15, 0.2) is 66.7 Å². The molecule has 0 aliphatic heterocycles. The van der Waals surface area contributed by atoms with Gasteiger partial charge in [-0.05, 0) is 48.8 Å². The van der Waals surface area contributed by atoms with Crippen molar-refractivity contribution in [3.63, 3.8) is 0 Å². The summed E-state index contributed by atoms with van der Waals surface area (Å²) in [5, 5.41) is 4.14. The van der Waals surface area contributed by atoms with E-state index in [4.69, 9.17) is 21.7 Å². The Morgan fingerprint density at radius 1 is 0.833 bits per heavy atom. The predicted molar refractivity (Wildman–Crippen MR) is 127 cm³/mol. The third kappa shape index (κ3) is 5.10. The van der Waals surface area contributed by atoms with Gasteiger partial charge >= 0.3 is 0 Å². The van der Waals surface area contributed by atoms with Gasteiger partial charge in [0.2, 0.25) is 0 Å². The second kappa shape index (κ2) is 10.1. The zero-order chi connectivity index (χ0) is 21.5. The number of benzene rings is 3. The van der Waals surface area contributed by atoms with Crippen LogP contribution in [-0.4, -0.2) is 24.2 Å². The number of anilines is 1. The maximum Gasteiger partial charge on any atom is 0.174 e. The van der Waals surface area contributed by atoms with Crippen LogP contribution in [0.5, 0.6) is 11.5 Å². The van der Waals surface area contributed by atoms with Crippen LogP contribution >= 0.6 is 12.2 Å². The average Bonchev–Trinajstić information content (AvgIpc) is 2.76. The summed E-state index contributed by atoms with van der Waals surface area (Å²) in [6.45, 7) is 5.44. The van der Waals surface area contributed by atoms with Crippen LogP contribution in [0.1, 0.15) is 22.3 Å². The first-order chi connectivity index (χ1) is 14.5. The molecule has 30 heavy (non-hydrogen) atoms. The van der Waals surface area contributed by atoms with Crippen molar-refractivity contribution in [1.29, 1.82) is 0 Å². The highest BCUT2D eigenvalue weighted by molar-refractivity contribution is 7.80. The Morgan fingerprint density at radius 2 is 1.50 bits per heavy atom.